The van der Waals surface area contributed by atoms with Gasteiger partial charge in [-0.1, -0.05) is 12.1 Å². The molecule has 16 heavy (non-hydrogen) atoms. The van der Waals surface area contributed by atoms with Crippen LogP contribution in [0, 0.1) is 5.92 Å². The molecule has 82 valence electrons. The third-order valence-corrected chi connectivity index (χ3v) is 2.74. The molecular formula is C13H13NO2. The Bertz CT molecular complexity index is 457. The largest absolute Gasteiger partial charge is 0.508 e. The second kappa shape index (κ2) is 4.31. The highest BCUT2D eigenvalue weighted by molar-refractivity contribution is 6.10. The van der Waals surface area contributed by atoms with Crippen molar-refractivity contribution in [1.82, 2.24) is 0 Å². The highest BCUT2D eigenvalue weighted by atomic mass is 16.3. The molecule has 3 nitrogen and oxygen atoms in total. The van der Waals surface area contributed by atoms with Gasteiger partial charge in [-0.2, -0.15) is 0 Å². The molecule has 1 aliphatic rings. The predicted molar refractivity (Wildman–Crippen MR) is 62.6 cm³/mol. The first-order valence-electron chi connectivity index (χ1n) is 5.19. The van der Waals surface area contributed by atoms with Gasteiger partial charge in [-0.05, 0) is 31.0 Å². The molecule has 3 heteroatoms. The van der Waals surface area contributed by atoms with E-state index in [4.69, 9.17) is 5.11 Å². The molecule has 1 unspecified atom stereocenters. The summed E-state index contributed by atoms with van der Waals surface area (Å²) in [6, 6.07) is 6.92. The molecule has 0 saturated heterocycles. The number of phenolic OH excluding ortho intramolecular Hbond substituents is 1. The number of benzene rings is 1. The lowest BCUT2D eigenvalue weighted by Crippen LogP contribution is -2.24. The number of hydrogen-bond donors (Lipinski definition) is 1. The van der Waals surface area contributed by atoms with Gasteiger partial charge in [-0.3, -0.25) is 9.79 Å². The van der Waals surface area contributed by atoms with Crippen LogP contribution in [0.1, 0.15) is 12.5 Å². The van der Waals surface area contributed by atoms with E-state index in [1.54, 1.807) is 18.3 Å². The van der Waals surface area contributed by atoms with Gasteiger partial charge in [0.05, 0.1) is 5.92 Å². The predicted octanol–water partition coefficient (Wildman–Crippen LogP) is 2.11. The Morgan fingerprint density at radius 1 is 1.31 bits per heavy atom. The van der Waals surface area contributed by atoms with Crippen molar-refractivity contribution in [1.29, 1.82) is 0 Å². The van der Waals surface area contributed by atoms with Gasteiger partial charge in [-0.25, -0.2) is 0 Å². The maximum absolute atomic E-state index is 11.7. The maximum atomic E-state index is 11.7. The minimum Gasteiger partial charge on any atom is -0.508 e. The number of allylic oxidation sites excluding steroid dienone is 1. The van der Waals surface area contributed by atoms with Crippen LogP contribution in [0.25, 0.3) is 0 Å². The lowest BCUT2D eigenvalue weighted by atomic mass is 9.90. The number of ketones is 1. The topological polar surface area (TPSA) is 49.7 Å². The van der Waals surface area contributed by atoms with Crippen LogP contribution >= 0.6 is 0 Å². The van der Waals surface area contributed by atoms with Crippen molar-refractivity contribution in [3.8, 4) is 5.75 Å². The van der Waals surface area contributed by atoms with Crippen LogP contribution in [-0.4, -0.2) is 16.6 Å². The van der Waals surface area contributed by atoms with E-state index in [1.807, 2.05) is 19.1 Å². The number of carbonyl (C=O) groups is 1. The van der Waals surface area contributed by atoms with Crippen molar-refractivity contribution in [2.24, 2.45) is 10.9 Å². The fourth-order valence-electron chi connectivity index (χ4n) is 1.76. The van der Waals surface area contributed by atoms with Gasteiger partial charge in [0.15, 0.2) is 5.78 Å². The van der Waals surface area contributed by atoms with E-state index < -0.39 is 0 Å². The summed E-state index contributed by atoms with van der Waals surface area (Å²) < 4.78 is 0. The average molecular weight is 215 g/mol. The molecule has 1 aromatic carbocycles. The highest BCUT2D eigenvalue weighted by Gasteiger charge is 2.21. The van der Waals surface area contributed by atoms with Crippen LogP contribution in [0.2, 0.25) is 0 Å². The van der Waals surface area contributed by atoms with Gasteiger partial charge in [0.2, 0.25) is 0 Å². The molecule has 1 aromatic rings. The normalized spacial score (nSPS) is 19.7. The molecule has 0 aromatic heterocycles. The quantitative estimate of drug-likeness (QED) is 0.821. The molecule has 0 spiro atoms. The van der Waals surface area contributed by atoms with Crippen molar-refractivity contribution >= 4 is 11.5 Å². The van der Waals surface area contributed by atoms with Gasteiger partial charge in [-0.15, -0.1) is 0 Å². The van der Waals surface area contributed by atoms with E-state index in [9.17, 15) is 4.79 Å². The Morgan fingerprint density at radius 2 is 2.00 bits per heavy atom. The van der Waals surface area contributed by atoms with Crippen LogP contribution in [-0.2, 0) is 11.2 Å². The summed E-state index contributed by atoms with van der Waals surface area (Å²) in [4.78, 5) is 15.8. The summed E-state index contributed by atoms with van der Waals surface area (Å²) >= 11 is 0. The number of carbonyl (C=O) groups excluding carboxylic acids is 1. The lowest BCUT2D eigenvalue weighted by Gasteiger charge is -2.16. The first kappa shape index (κ1) is 10.6. The van der Waals surface area contributed by atoms with E-state index in [0.29, 0.717) is 6.42 Å². The fourth-order valence-corrected chi connectivity index (χ4v) is 1.76. The third kappa shape index (κ3) is 2.19. The zero-order valence-corrected chi connectivity index (χ0v) is 9.05. The van der Waals surface area contributed by atoms with Crippen LogP contribution < -0.4 is 0 Å². The van der Waals surface area contributed by atoms with Crippen molar-refractivity contribution in [3.05, 3.63) is 42.1 Å². The Labute approximate surface area is 94.1 Å². The number of hydrogen-bond acceptors (Lipinski definition) is 3. The van der Waals surface area contributed by atoms with Gasteiger partial charge in [0, 0.05) is 18.0 Å². The molecular weight excluding hydrogens is 202 g/mol. The van der Waals surface area contributed by atoms with E-state index in [2.05, 4.69) is 4.99 Å². The molecule has 2 rings (SSSR count). The summed E-state index contributed by atoms with van der Waals surface area (Å²) in [6.07, 6.45) is 3.70. The second-order valence-corrected chi connectivity index (χ2v) is 3.91. The third-order valence-electron chi connectivity index (χ3n) is 2.74. The Morgan fingerprint density at radius 3 is 2.62 bits per heavy atom. The van der Waals surface area contributed by atoms with Crippen molar-refractivity contribution in [3.63, 3.8) is 0 Å². The first-order chi connectivity index (χ1) is 7.66. The van der Waals surface area contributed by atoms with E-state index >= 15 is 0 Å². The number of aromatic hydroxyl groups is 1. The van der Waals surface area contributed by atoms with Crippen LogP contribution in [0.5, 0.6) is 5.75 Å². The van der Waals surface area contributed by atoms with Crippen LogP contribution in [0.3, 0.4) is 0 Å². The van der Waals surface area contributed by atoms with Gasteiger partial charge >= 0.3 is 0 Å². The summed E-state index contributed by atoms with van der Waals surface area (Å²) in [5, 5.41) is 9.16. The molecule has 1 N–H and O–H groups in total. The molecule has 1 atom stereocenters. The number of phenols is 1. The average Bonchev–Trinajstić information content (AvgIpc) is 2.26. The molecule has 0 amide bonds. The number of nitrogens with zero attached hydrogens (tertiary/aromatic N) is 1. The van der Waals surface area contributed by atoms with E-state index in [1.165, 1.54) is 6.08 Å². The van der Waals surface area contributed by atoms with Gasteiger partial charge in [0.1, 0.15) is 5.75 Å². The van der Waals surface area contributed by atoms with E-state index in [-0.39, 0.29) is 17.5 Å². The minimum atomic E-state index is -0.158. The zero-order valence-electron chi connectivity index (χ0n) is 9.05. The minimum absolute atomic E-state index is 0.0978. The lowest BCUT2D eigenvalue weighted by molar-refractivity contribution is -0.116. The first-order valence-corrected chi connectivity index (χ1v) is 5.19. The van der Waals surface area contributed by atoms with Crippen molar-refractivity contribution in [2.45, 2.75) is 13.3 Å². The summed E-state index contributed by atoms with van der Waals surface area (Å²) in [6.45, 7) is 1.87. The van der Waals surface area contributed by atoms with Crippen LogP contribution in [0.4, 0.5) is 0 Å². The molecule has 0 radical (unpaired) electrons. The summed E-state index contributed by atoms with van der Waals surface area (Å²) in [5.74, 6) is 0.180. The smallest absolute Gasteiger partial charge is 0.166 e. The molecule has 0 aliphatic carbocycles. The van der Waals surface area contributed by atoms with Gasteiger partial charge < -0.3 is 5.11 Å². The Balaban J connectivity index is 2.15. The highest BCUT2D eigenvalue weighted by Crippen LogP contribution is 2.17. The number of rotatable bonds is 2. The SMILES string of the molecule is CC1=NC=CC(=O)C1Cc1ccc(O)cc1. The summed E-state index contributed by atoms with van der Waals surface area (Å²) in [5.41, 5.74) is 1.88. The molecule has 1 heterocycles. The standard InChI is InChI=1S/C13H13NO2/c1-9-12(13(16)6-7-14-9)8-10-2-4-11(15)5-3-10/h2-7,12,15H,8H2,1H3. The van der Waals surface area contributed by atoms with Crippen molar-refractivity contribution in [2.75, 3.05) is 0 Å². The van der Waals surface area contributed by atoms with Crippen LogP contribution in [0.15, 0.2) is 41.5 Å². The molecule has 1 aliphatic heterocycles. The zero-order chi connectivity index (χ0) is 11.5. The Hall–Kier alpha value is -1.90. The monoisotopic (exact) mass is 215 g/mol. The fraction of sp³-hybridized carbons (Fsp3) is 0.231. The van der Waals surface area contributed by atoms with Crippen molar-refractivity contribution < 1.29 is 9.90 Å². The Kier molecular flexibility index (Phi) is 2.86. The van der Waals surface area contributed by atoms with E-state index in [0.717, 1.165) is 11.3 Å². The maximum Gasteiger partial charge on any atom is 0.166 e. The second-order valence-electron chi connectivity index (χ2n) is 3.91. The number of aliphatic imine (C=N–C) groups is 1. The van der Waals surface area contributed by atoms with Gasteiger partial charge in [0.25, 0.3) is 0 Å². The molecule has 0 fully saturated rings. The molecule has 0 bridgehead atoms. The summed E-state index contributed by atoms with van der Waals surface area (Å²) in [7, 11) is 0. The molecule has 0 saturated carbocycles.